The molecular formula is C20H6I4Na2O5. The van der Waals surface area contributed by atoms with Crippen LogP contribution in [-0.4, -0.2) is 72.0 Å². The van der Waals surface area contributed by atoms with Gasteiger partial charge in [0.25, 0.3) is 0 Å². The second-order valence-corrected chi connectivity index (χ2v) is 13.8. The zero-order valence-corrected chi connectivity index (χ0v) is 28.6. The van der Waals surface area contributed by atoms with E-state index in [-0.39, 0.29) is 17.5 Å². The average Bonchev–Trinajstić information content (AvgIpc) is 3.03. The Kier molecular flexibility index (Phi) is 6.65. The summed E-state index contributed by atoms with van der Waals surface area (Å²) >= 11 is 10.3. The fourth-order valence-corrected chi connectivity index (χ4v) is 9.98. The summed E-state index contributed by atoms with van der Waals surface area (Å²) < 4.78 is 18.0. The summed E-state index contributed by atoms with van der Waals surface area (Å²) in [6.07, 6.45) is 0. The van der Waals surface area contributed by atoms with Crippen LogP contribution in [0.2, 0.25) is 0 Å². The molecule has 3 aromatic rings. The Balaban J connectivity index is 2.01. The van der Waals surface area contributed by atoms with E-state index < -0.39 is 5.60 Å². The van der Waals surface area contributed by atoms with Gasteiger partial charge in [-0.25, -0.2) is 0 Å². The molecule has 0 bridgehead atoms. The van der Waals surface area contributed by atoms with Crippen LogP contribution in [0.5, 0.6) is 23.0 Å². The molecule has 0 amide bonds. The third-order valence-electron chi connectivity index (χ3n) is 5.68. The van der Waals surface area contributed by atoms with E-state index in [2.05, 4.69) is 90.4 Å². The Labute approximate surface area is 266 Å². The first kappa shape index (κ1) is 24.2. The van der Waals surface area contributed by atoms with Crippen LogP contribution < -0.4 is 10.4 Å². The predicted octanol–water partition coefficient (Wildman–Crippen LogP) is 3.67. The predicted molar refractivity (Wildman–Crippen MR) is 150 cm³/mol. The molecule has 0 aromatic heterocycles. The quantitative estimate of drug-likeness (QED) is 0.119. The van der Waals surface area contributed by atoms with Gasteiger partial charge in [-0.15, -0.1) is 0 Å². The molecule has 0 saturated carbocycles. The van der Waals surface area contributed by atoms with Crippen LogP contribution in [0.4, 0.5) is 0 Å². The third-order valence-corrected chi connectivity index (χ3v) is 14.8. The summed E-state index contributed by atoms with van der Waals surface area (Å²) in [4.78, 5) is 13.3. The van der Waals surface area contributed by atoms with Crippen molar-refractivity contribution in [3.63, 3.8) is 0 Å². The zero-order chi connectivity index (χ0) is 22.4. The van der Waals surface area contributed by atoms with E-state index >= 15 is 0 Å². The number of benzene rings is 3. The molecular weight excluding hydrogens is 874 g/mol. The van der Waals surface area contributed by atoms with Crippen LogP contribution >= 0.6 is 90.4 Å². The molecule has 1 unspecified atom stereocenters. The third kappa shape index (κ3) is 3.41. The standard InChI is InChI=1S/C20H6I4O5.2Na/c21-15-13-14(16(22)18(24)17(15)23)20(29-19(13)27)9-3-1-7(25)5-11(9)28-12-6-8(26)2-4-10(12)20;;/h1,3-5,25-26H;;. The number of phenols is 2. The Bertz CT molecular complexity index is 1360. The number of carbonyl (C=O) groups is 1. The number of phenolic OH excluding ortho intramolecular Hbond substituents is 2. The second kappa shape index (κ2) is 8.54. The molecule has 5 rings (SSSR count). The van der Waals surface area contributed by atoms with Crippen LogP contribution in [-0.2, 0) is 10.3 Å². The number of carbonyl (C=O) groups excluding carboxylic acids is 1. The van der Waals surface area contributed by atoms with Gasteiger partial charge in [-0.05, 0) is 0 Å². The van der Waals surface area contributed by atoms with Crippen LogP contribution in [0.25, 0.3) is 0 Å². The Morgan fingerprint density at radius 3 is 2.29 bits per heavy atom. The van der Waals surface area contributed by atoms with Crippen LogP contribution in [0.3, 0.4) is 0 Å². The second-order valence-electron chi connectivity index (χ2n) is 7.40. The van der Waals surface area contributed by atoms with Crippen molar-refractivity contribution in [2.45, 2.75) is 5.60 Å². The molecule has 1 atom stereocenters. The number of halogens is 4. The van der Waals surface area contributed by atoms with E-state index in [1.165, 1.54) is 6.07 Å². The summed E-state index contributed by atoms with van der Waals surface area (Å²) in [5, 5.41) is 20.8. The van der Waals surface area contributed by atoms with Crippen LogP contribution in [0, 0.1) is 14.3 Å². The van der Waals surface area contributed by atoms with Crippen molar-refractivity contribution in [2.75, 3.05) is 0 Å². The number of esters is 1. The van der Waals surface area contributed by atoms with Crippen molar-refractivity contribution < 1.29 is 24.5 Å². The van der Waals surface area contributed by atoms with Gasteiger partial charge in [0, 0.05) is 0 Å². The van der Waals surface area contributed by atoms with E-state index in [1.807, 2.05) is 6.07 Å². The number of hydrogen-bond acceptors (Lipinski definition) is 5. The maximum absolute atomic E-state index is 13.3. The van der Waals surface area contributed by atoms with Gasteiger partial charge in [0.2, 0.25) is 0 Å². The van der Waals surface area contributed by atoms with Gasteiger partial charge >= 0.3 is 272 Å². The minimum atomic E-state index is -1.20. The van der Waals surface area contributed by atoms with Gasteiger partial charge in [0.05, 0.1) is 0 Å². The molecule has 11 heteroatoms. The van der Waals surface area contributed by atoms with Crippen LogP contribution in [0.1, 0.15) is 27.0 Å². The topological polar surface area (TPSA) is 76.0 Å². The summed E-state index contributed by atoms with van der Waals surface area (Å²) in [6.45, 7) is 0. The average molecular weight is 880 g/mol. The van der Waals surface area contributed by atoms with Crippen molar-refractivity contribution in [1.82, 2.24) is 0 Å². The summed E-state index contributed by atoms with van der Waals surface area (Å²) in [5.74, 6) is 0.868. The molecule has 0 aliphatic carbocycles. The van der Waals surface area contributed by atoms with E-state index in [0.717, 1.165) is 31.0 Å². The molecule has 2 heterocycles. The van der Waals surface area contributed by atoms with Crippen molar-refractivity contribution in [3.8, 4) is 23.0 Å². The Morgan fingerprint density at radius 2 is 1.58 bits per heavy atom. The molecule has 3 aromatic carbocycles. The van der Waals surface area contributed by atoms with Crippen molar-refractivity contribution in [3.05, 3.63) is 60.8 Å². The number of hydrogen-bond donors (Lipinski definition) is 2. The molecule has 0 fully saturated rings. The van der Waals surface area contributed by atoms with Gasteiger partial charge in [-0.3, -0.25) is 0 Å². The first-order valence-corrected chi connectivity index (χ1v) is 15.4. The molecule has 31 heavy (non-hydrogen) atoms. The van der Waals surface area contributed by atoms with E-state index in [1.54, 1.807) is 12.1 Å². The molecule has 2 aliphatic rings. The van der Waals surface area contributed by atoms with Gasteiger partial charge in [0.15, 0.2) is 0 Å². The number of ether oxygens (including phenoxy) is 2. The molecule has 5 nitrogen and oxygen atoms in total. The van der Waals surface area contributed by atoms with Gasteiger partial charge < -0.3 is 0 Å². The van der Waals surface area contributed by atoms with E-state index in [0.29, 0.717) is 78.5 Å². The number of aromatic hydroxyl groups is 2. The molecule has 0 saturated heterocycles. The van der Waals surface area contributed by atoms with E-state index in [9.17, 15) is 15.0 Å². The van der Waals surface area contributed by atoms with Crippen LogP contribution in [0.15, 0.2) is 24.3 Å². The monoisotopic (exact) mass is 880 g/mol. The molecule has 146 valence electrons. The first-order chi connectivity index (χ1) is 14.6. The SMILES string of the molecule is O=C1OC2(c3ccc(O)cc3Oc3c2c[c]([Na])c(O)[c]3[Na])c2c(I)c(I)c(I)c(I)c21. The Morgan fingerprint density at radius 1 is 0.903 bits per heavy atom. The van der Waals surface area contributed by atoms with Crippen molar-refractivity contribution >= 4 is 158 Å². The molecule has 0 radical (unpaired) electrons. The molecule has 1 spiro atoms. The molecule has 2 aliphatic heterocycles. The molecule has 2 N–H and O–H groups in total. The number of rotatable bonds is 0. The zero-order valence-electron chi connectivity index (χ0n) is 15.9. The van der Waals surface area contributed by atoms with Crippen molar-refractivity contribution in [1.29, 1.82) is 0 Å². The van der Waals surface area contributed by atoms with Gasteiger partial charge in [-0.1, -0.05) is 0 Å². The van der Waals surface area contributed by atoms with Gasteiger partial charge in [0.1, 0.15) is 0 Å². The normalized spacial score (nSPS) is 18.4. The van der Waals surface area contributed by atoms with Gasteiger partial charge in [-0.2, -0.15) is 0 Å². The fourth-order valence-electron chi connectivity index (χ4n) is 4.26. The minimum absolute atomic E-state index is 0.0574. The summed E-state index contributed by atoms with van der Waals surface area (Å²) in [7, 11) is 0. The number of fused-ring (bicyclic) bond motifs is 6. The maximum atomic E-state index is 13.3. The fraction of sp³-hybridized carbons (Fsp3) is 0.0500. The Hall–Kier alpha value is 1.45. The van der Waals surface area contributed by atoms with Crippen molar-refractivity contribution in [2.24, 2.45) is 0 Å². The van der Waals surface area contributed by atoms with E-state index in [4.69, 9.17) is 9.47 Å². The summed E-state index contributed by atoms with van der Waals surface area (Å²) in [6, 6.07) is 6.79. The summed E-state index contributed by atoms with van der Waals surface area (Å²) in [5.41, 5.74) is 1.58. The first-order valence-electron chi connectivity index (χ1n) is 9.04.